The third-order valence-corrected chi connectivity index (χ3v) is 5.33. The van der Waals surface area contributed by atoms with Crippen LogP contribution >= 0.6 is 0 Å². The first-order valence-electron chi connectivity index (χ1n) is 9.84. The summed E-state index contributed by atoms with van der Waals surface area (Å²) in [6, 6.07) is 17.5. The van der Waals surface area contributed by atoms with E-state index in [1.807, 2.05) is 36.4 Å². The van der Waals surface area contributed by atoms with Gasteiger partial charge >= 0.3 is 0 Å². The minimum absolute atomic E-state index is 0.0969. The maximum Gasteiger partial charge on any atom is 0.248 e. The van der Waals surface area contributed by atoms with Gasteiger partial charge in [0.05, 0.1) is 19.2 Å². The lowest BCUT2D eigenvalue weighted by Gasteiger charge is -2.09. The Bertz CT molecular complexity index is 998. The standard InChI is InChI=1S/C23H26N2O3/c1-27-22-6-3-2-5-19(22)20-13-17(20)15-24-11-4-12-28-18-9-7-16-8-10-23(26)25-21(16)14-18/h2-3,5-10,14,17,20,24H,4,11-13,15H2,1H3,(H,25,26). The van der Waals surface area contributed by atoms with Gasteiger partial charge in [-0.15, -0.1) is 0 Å². The van der Waals surface area contributed by atoms with E-state index in [0.717, 1.165) is 41.9 Å². The van der Waals surface area contributed by atoms with Gasteiger partial charge in [-0.05, 0) is 73.0 Å². The summed E-state index contributed by atoms with van der Waals surface area (Å²) in [6.07, 6.45) is 2.16. The molecule has 0 radical (unpaired) electrons. The third-order valence-electron chi connectivity index (χ3n) is 5.33. The lowest BCUT2D eigenvalue weighted by Crippen LogP contribution is -2.20. The second kappa shape index (κ2) is 8.48. The summed E-state index contributed by atoms with van der Waals surface area (Å²) in [4.78, 5) is 14.3. The topological polar surface area (TPSA) is 63.4 Å². The molecule has 1 aliphatic rings. The first-order valence-corrected chi connectivity index (χ1v) is 9.84. The Morgan fingerprint density at radius 2 is 2.00 bits per heavy atom. The molecule has 0 amide bonds. The zero-order valence-corrected chi connectivity index (χ0v) is 16.1. The Hall–Kier alpha value is -2.79. The lowest BCUT2D eigenvalue weighted by atomic mass is 10.1. The first kappa shape index (κ1) is 18.6. The van der Waals surface area contributed by atoms with Gasteiger partial charge in [0, 0.05) is 12.1 Å². The molecule has 1 fully saturated rings. The highest BCUT2D eigenvalue weighted by Crippen LogP contribution is 2.49. The van der Waals surface area contributed by atoms with E-state index in [9.17, 15) is 4.79 Å². The number of aromatic nitrogens is 1. The largest absolute Gasteiger partial charge is 0.496 e. The fraction of sp³-hybridized carbons (Fsp3) is 0.348. The number of hydrogen-bond acceptors (Lipinski definition) is 4. The number of ether oxygens (including phenoxy) is 2. The lowest BCUT2D eigenvalue weighted by molar-refractivity contribution is 0.308. The summed E-state index contributed by atoms with van der Waals surface area (Å²) in [5.41, 5.74) is 2.04. The van der Waals surface area contributed by atoms with Gasteiger partial charge in [-0.3, -0.25) is 4.79 Å². The molecular weight excluding hydrogens is 352 g/mol. The number of rotatable bonds is 9. The van der Waals surface area contributed by atoms with Crippen LogP contribution in [0.15, 0.2) is 59.4 Å². The van der Waals surface area contributed by atoms with Crippen molar-refractivity contribution in [2.24, 2.45) is 5.92 Å². The van der Waals surface area contributed by atoms with Crippen LogP contribution in [-0.2, 0) is 0 Å². The van der Waals surface area contributed by atoms with Crippen LogP contribution in [0.1, 0.15) is 24.3 Å². The van der Waals surface area contributed by atoms with Crippen molar-refractivity contribution in [2.75, 3.05) is 26.8 Å². The van der Waals surface area contributed by atoms with Gasteiger partial charge in [0.1, 0.15) is 11.5 Å². The maximum absolute atomic E-state index is 11.4. The Kier molecular flexibility index (Phi) is 5.63. The number of H-pyrrole nitrogens is 1. The molecule has 0 saturated heterocycles. The molecule has 5 heteroatoms. The van der Waals surface area contributed by atoms with Gasteiger partial charge in [0.25, 0.3) is 0 Å². The monoisotopic (exact) mass is 378 g/mol. The summed E-state index contributed by atoms with van der Waals surface area (Å²) in [5, 5.41) is 4.54. The molecule has 1 heterocycles. The van der Waals surface area contributed by atoms with E-state index in [0.29, 0.717) is 18.4 Å². The Labute approximate surface area is 164 Å². The molecule has 146 valence electrons. The van der Waals surface area contributed by atoms with Crippen LogP contribution in [0.5, 0.6) is 11.5 Å². The molecule has 3 aromatic rings. The van der Waals surface area contributed by atoms with Gasteiger partial charge in [-0.2, -0.15) is 0 Å². The predicted octanol–water partition coefficient (Wildman–Crippen LogP) is 3.70. The zero-order valence-electron chi connectivity index (χ0n) is 16.1. The molecule has 28 heavy (non-hydrogen) atoms. The highest BCUT2D eigenvalue weighted by molar-refractivity contribution is 5.79. The molecule has 5 nitrogen and oxygen atoms in total. The molecule has 0 bridgehead atoms. The summed E-state index contributed by atoms with van der Waals surface area (Å²) in [5.74, 6) is 3.09. The van der Waals surface area contributed by atoms with E-state index < -0.39 is 0 Å². The van der Waals surface area contributed by atoms with Crippen molar-refractivity contribution >= 4 is 10.9 Å². The van der Waals surface area contributed by atoms with Gasteiger partial charge in [0.2, 0.25) is 5.56 Å². The molecule has 1 saturated carbocycles. The number of nitrogens with one attached hydrogen (secondary N) is 2. The van der Waals surface area contributed by atoms with Crippen LogP contribution in [-0.4, -0.2) is 31.8 Å². The molecule has 1 aromatic heterocycles. The molecule has 2 aromatic carbocycles. The molecule has 2 unspecified atom stereocenters. The van der Waals surface area contributed by atoms with Crippen molar-refractivity contribution in [2.45, 2.75) is 18.8 Å². The van der Waals surface area contributed by atoms with Crippen molar-refractivity contribution in [3.8, 4) is 11.5 Å². The number of benzene rings is 2. The van der Waals surface area contributed by atoms with E-state index in [2.05, 4.69) is 22.4 Å². The SMILES string of the molecule is COc1ccccc1C1CC1CNCCCOc1ccc2ccc(=O)[nH]c2c1. The third kappa shape index (κ3) is 4.37. The van der Waals surface area contributed by atoms with E-state index in [1.165, 1.54) is 18.1 Å². The van der Waals surface area contributed by atoms with Crippen LogP contribution in [0, 0.1) is 5.92 Å². The van der Waals surface area contributed by atoms with Gasteiger partial charge < -0.3 is 19.8 Å². The average molecular weight is 378 g/mol. The van der Waals surface area contributed by atoms with Crippen molar-refractivity contribution in [3.63, 3.8) is 0 Å². The van der Waals surface area contributed by atoms with Crippen LogP contribution in [0.3, 0.4) is 0 Å². The van der Waals surface area contributed by atoms with E-state index in [1.54, 1.807) is 7.11 Å². The molecule has 2 atom stereocenters. The quantitative estimate of drug-likeness (QED) is 0.558. The summed E-state index contributed by atoms with van der Waals surface area (Å²) >= 11 is 0. The van der Waals surface area contributed by atoms with E-state index in [4.69, 9.17) is 9.47 Å². The maximum atomic E-state index is 11.4. The van der Waals surface area contributed by atoms with Gasteiger partial charge in [-0.25, -0.2) is 0 Å². The van der Waals surface area contributed by atoms with Gasteiger partial charge in [-0.1, -0.05) is 18.2 Å². The number of pyridine rings is 1. The number of aromatic amines is 1. The van der Waals surface area contributed by atoms with Crippen LogP contribution < -0.4 is 20.3 Å². The predicted molar refractivity (Wildman–Crippen MR) is 111 cm³/mol. The first-order chi connectivity index (χ1) is 13.7. The molecule has 0 spiro atoms. The summed E-state index contributed by atoms with van der Waals surface area (Å²) in [6.45, 7) is 2.61. The Morgan fingerprint density at radius 3 is 2.89 bits per heavy atom. The Balaban J connectivity index is 1.17. The summed E-state index contributed by atoms with van der Waals surface area (Å²) < 4.78 is 11.3. The van der Waals surface area contributed by atoms with Crippen molar-refractivity contribution in [1.29, 1.82) is 0 Å². The van der Waals surface area contributed by atoms with Crippen molar-refractivity contribution in [3.05, 3.63) is 70.5 Å². The minimum atomic E-state index is -0.0969. The molecule has 1 aliphatic carbocycles. The van der Waals surface area contributed by atoms with Crippen molar-refractivity contribution < 1.29 is 9.47 Å². The number of methoxy groups -OCH3 is 1. The number of para-hydroxylation sites is 1. The second-order valence-corrected chi connectivity index (χ2v) is 7.32. The normalized spacial score (nSPS) is 18.2. The molecule has 0 aliphatic heterocycles. The number of fused-ring (bicyclic) bond motifs is 1. The average Bonchev–Trinajstić information content (AvgIpc) is 3.49. The highest BCUT2D eigenvalue weighted by Gasteiger charge is 2.39. The van der Waals surface area contributed by atoms with E-state index in [-0.39, 0.29) is 5.56 Å². The zero-order chi connectivity index (χ0) is 19.3. The molecule has 4 rings (SSSR count). The smallest absolute Gasteiger partial charge is 0.248 e. The van der Waals surface area contributed by atoms with Crippen molar-refractivity contribution in [1.82, 2.24) is 10.3 Å². The second-order valence-electron chi connectivity index (χ2n) is 7.32. The fourth-order valence-electron chi connectivity index (χ4n) is 3.72. The minimum Gasteiger partial charge on any atom is -0.496 e. The molecular formula is C23H26N2O3. The van der Waals surface area contributed by atoms with Crippen LogP contribution in [0.4, 0.5) is 0 Å². The molecule has 2 N–H and O–H groups in total. The fourth-order valence-corrected chi connectivity index (χ4v) is 3.72. The summed E-state index contributed by atoms with van der Waals surface area (Å²) in [7, 11) is 1.74. The van der Waals surface area contributed by atoms with Crippen LogP contribution in [0.25, 0.3) is 10.9 Å². The van der Waals surface area contributed by atoms with Gasteiger partial charge in [0.15, 0.2) is 0 Å². The van der Waals surface area contributed by atoms with E-state index >= 15 is 0 Å². The van der Waals surface area contributed by atoms with Crippen LogP contribution in [0.2, 0.25) is 0 Å². The Morgan fingerprint density at radius 1 is 1.14 bits per heavy atom. The highest BCUT2D eigenvalue weighted by atomic mass is 16.5. The number of hydrogen-bond donors (Lipinski definition) is 2.